The second-order valence-electron chi connectivity index (χ2n) is 4.39. The van der Waals surface area contributed by atoms with Gasteiger partial charge in [-0.05, 0) is 31.4 Å². The SMILES string of the molecule is c1ccc2c(N3CCCCC3)ccnc2c1. The van der Waals surface area contributed by atoms with E-state index >= 15 is 0 Å². The lowest BCUT2D eigenvalue weighted by atomic mass is 10.1. The zero-order valence-electron chi connectivity index (χ0n) is 9.39. The first-order chi connectivity index (χ1) is 7.95. The fourth-order valence-electron chi connectivity index (χ4n) is 2.49. The van der Waals surface area contributed by atoms with Crippen molar-refractivity contribution < 1.29 is 0 Å². The summed E-state index contributed by atoms with van der Waals surface area (Å²) < 4.78 is 0. The summed E-state index contributed by atoms with van der Waals surface area (Å²) in [6.45, 7) is 2.38. The van der Waals surface area contributed by atoms with Gasteiger partial charge in [0.1, 0.15) is 0 Å². The molecule has 2 nitrogen and oxygen atoms in total. The number of aromatic nitrogens is 1. The zero-order valence-corrected chi connectivity index (χ0v) is 9.39. The third-order valence-corrected chi connectivity index (χ3v) is 3.32. The van der Waals surface area contributed by atoms with Crippen molar-refractivity contribution in [2.24, 2.45) is 0 Å². The van der Waals surface area contributed by atoms with Crippen molar-refractivity contribution in [1.82, 2.24) is 4.98 Å². The molecule has 0 atom stereocenters. The summed E-state index contributed by atoms with van der Waals surface area (Å²) in [6, 6.07) is 10.6. The fraction of sp³-hybridized carbons (Fsp3) is 0.357. The second-order valence-corrected chi connectivity index (χ2v) is 4.39. The van der Waals surface area contributed by atoms with Gasteiger partial charge in [0.25, 0.3) is 0 Å². The van der Waals surface area contributed by atoms with Crippen LogP contribution in [0.3, 0.4) is 0 Å². The highest BCUT2D eigenvalue weighted by Crippen LogP contribution is 2.27. The molecule has 16 heavy (non-hydrogen) atoms. The minimum Gasteiger partial charge on any atom is -0.371 e. The zero-order chi connectivity index (χ0) is 10.8. The van der Waals surface area contributed by atoms with Crippen molar-refractivity contribution in [3.05, 3.63) is 36.5 Å². The molecule has 2 heterocycles. The van der Waals surface area contributed by atoms with Gasteiger partial charge in [-0.15, -0.1) is 0 Å². The first-order valence-electron chi connectivity index (χ1n) is 6.04. The largest absolute Gasteiger partial charge is 0.371 e. The molecule has 1 aromatic heterocycles. The molecule has 0 saturated carbocycles. The highest BCUT2D eigenvalue weighted by Gasteiger charge is 2.13. The van der Waals surface area contributed by atoms with Gasteiger partial charge in [0, 0.05) is 30.4 Å². The lowest BCUT2D eigenvalue weighted by Crippen LogP contribution is -2.29. The van der Waals surface area contributed by atoms with Crippen LogP contribution in [0.5, 0.6) is 0 Å². The van der Waals surface area contributed by atoms with E-state index in [1.165, 1.54) is 43.4 Å². The molecule has 0 unspecified atom stereocenters. The van der Waals surface area contributed by atoms with Crippen LogP contribution in [0.2, 0.25) is 0 Å². The quantitative estimate of drug-likeness (QED) is 0.721. The normalized spacial score (nSPS) is 16.6. The summed E-state index contributed by atoms with van der Waals surface area (Å²) in [5.74, 6) is 0. The number of para-hydroxylation sites is 1. The van der Waals surface area contributed by atoms with Gasteiger partial charge in [-0.25, -0.2) is 0 Å². The van der Waals surface area contributed by atoms with E-state index in [9.17, 15) is 0 Å². The summed E-state index contributed by atoms with van der Waals surface area (Å²) in [5.41, 5.74) is 2.45. The van der Waals surface area contributed by atoms with Gasteiger partial charge in [0.05, 0.1) is 5.52 Å². The van der Waals surface area contributed by atoms with Crippen LogP contribution in [-0.2, 0) is 0 Å². The molecular weight excluding hydrogens is 196 g/mol. The van der Waals surface area contributed by atoms with Gasteiger partial charge in [-0.2, -0.15) is 0 Å². The molecule has 1 aromatic carbocycles. The minimum absolute atomic E-state index is 1.10. The highest BCUT2D eigenvalue weighted by atomic mass is 15.1. The van der Waals surface area contributed by atoms with Gasteiger partial charge < -0.3 is 4.90 Å². The smallest absolute Gasteiger partial charge is 0.0722 e. The van der Waals surface area contributed by atoms with Gasteiger partial charge in [-0.3, -0.25) is 4.98 Å². The molecule has 3 rings (SSSR count). The number of anilines is 1. The number of hydrogen-bond acceptors (Lipinski definition) is 2. The second kappa shape index (κ2) is 4.12. The monoisotopic (exact) mass is 212 g/mol. The number of nitrogens with zero attached hydrogens (tertiary/aromatic N) is 2. The van der Waals surface area contributed by atoms with E-state index in [0.717, 1.165) is 5.52 Å². The van der Waals surface area contributed by atoms with E-state index in [-0.39, 0.29) is 0 Å². The van der Waals surface area contributed by atoms with Crippen LogP contribution in [0, 0.1) is 0 Å². The summed E-state index contributed by atoms with van der Waals surface area (Å²) >= 11 is 0. The molecule has 1 saturated heterocycles. The van der Waals surface area contributed by atoms with Crippen LogP contribution in [0.25, 0.3) is 10.9 Å². The highest BCUT2D eigenvalue weighted by molar-refractivity contribution is 5.91. The lowest BCUT2D eigenvalue weighted by Gasteiger charge is -2.29. The summed E-state index contributed by atoms with van der Waals surface area (Å²) in [4.78, 5) is 6.90. The molecule has 1 aliphatic rings. The maximum atomic E-state index is 4.41. The van der Waals surface area contributed by atoms with Crippen molar-refractivity contribution in [3.8, 4) is 0 Å². The Kier molecular flexibility index (Phi) is 2.49. The molecule has 0 aliphatic carbocycles. The predicted octanol–water partition coefficient (Wildman–Crippen LogP) is 3.23. The number of hydrogen-bond donors (Lipinski definition) is 0. The van der Waals surface area contributed by atoms with Crippen molar-refractivity contribution in [2.75, 3.05) is 18.0 Å². The number of fused-ring (bicyclic) bond motifs is 1. The number of rotatable bonds is 1. The van der Waals surface area contributed by atoms with E-state index in [0.29, 0.717) is 0 Å². The van der Waals surface area contributed by atoms with E-state index in [1.54, 1.807) is 0 Å². The Morgan fingerprint density at radius 2 is 1.75 bits per heavy atom. The predicted molar refractivity (Wildman–Crippen MR) is 67.8 cm³/mol. The van der Waals surface area contributed by atoms with E-state index < -0.39 is 0 Å². The maximum Gasteiger partial charge on any atom is 0.0722 e. The molecule has 82 valence electrons. The maximum absolute atomic E-state index is 4.41. The minimum atomic E-state index is 1.10. The average molecular weight is 212 g/mol. The molecule has 0 radical (unpaired) electrons. The van der Waals surface area contributed by atoms with E-state index in [2.05, 4.69) is 40.2 Å². The Balaban J connectivity index is 2.08. The van der Waals surface area contributed by atoms with Crippen LogP contribution >= 0.6 is 0 Å². The van der Waals surface area contributed by atoms with Crippen LogP contribution in [-0.4, -0.2) is 18.1 Å². The molecule has 1 aliphatic heterocycles. The van der Waals surface area contributed by atoms with E-state index in [4.69, 9.17) is 0 Å². The van der Waals surface area contributed by atoms with Crippen molar-refractivity contribution in [3.63, 3.8) is 0 Å². The molecule has 1 fully saturated rings. The number of pyridine rings is 1. The van der Waals surface area contributed by atoms with E-state index in [1.807, 2.05) is 6.20 Å². The molecule has 2 heteroatoms. The van der Waals surface area contributed by atoms with Crippen LogP contribution in [0.1, 0.15) is 19.3 Å². The third kappa shape index (κ3) is 1.64. The third-order valence-electron chi connectivity index (χ3n) is 3.32. The molecular formula is C14H16N2. The number of piperidine rings is 1. The Hall–Kier alpha value is -1.57. The molecule has 2 aromatic rings. The van der Waals surface area contributed by atoms with Crippen LogP contribution in [0.4, 0.5) is 5.69 Å². The standard InChI is InChI=1S/C14H16N2/c1-4-10-16(11-5-1)14-8-9-15-13-7-3-2-6-12(13)14/h2-3,6-9H,1,4-5,10-11H2. The van der Waals surface area contributed by atoms with Gasteiger partial charge in [0.2, 0.25) is 0 Å². The Labute approximate surface area is 95.9 Å². The van der Waals surface area contributed by atoms with Gasteiger partial charge in [-0.1, -0.05) is 18.2 Å². The first kappa shape index (κ1) is 9.64. The van der Waals surface area contributed by atoms with Crippen molar-refractivity contribution in [1.29, 1.82) is 0 Å². The van der Waals surface area contributed by atoms with Crippen LogP contribution < -0.4 is 4.90 Å². The molecule has 0 amide bonds. The van der Waals surface area contributed by atoms with Crippen LogP contribution in [0.15, 0.2) is 36.5 Å². The first-order valence-corrected chi connectivity index (χ1v) is 6.04. The molecule has 0 spiro atoms. The van der Waals surface area contributed by atoms with Crippen molar-refractivity contribution >= 4 is 16.6 Å². The topological polar surface area (TPSA) is 16.1 Å². The van der Waals surface area contributed by atoms with Crippen molar-refractivity contribution in [2.45, 2.75) is 19.3 Å². The summed E-state index contributed by atoms with van der Waals surface area (Å²) in [5, 5.41) is 1.28. The Morgan fingerprint density at radius 3 is 2.62 bits per heavy atom. The average Bonchev–Trinajstić information content (AvgIpc) is 2.39. The summed E-state index contributed by atoms with van der Waals surface area (Å²) in [6.07, 6.45) is 5.93. The summed E-state index contributed by atoms with van der Waals surface area (Å²) in [7, 11) is 0. The van der Waals surface area contributed by atoms with Gasteiger partial charge >= 0.3 is 0 Å². The Morgan fingerprint density at radius 1 is 0.938 bits per heavy atom. The lowest BCUT2D eigenvalue weighted by molar-refractivity contribution is 0.579. The molecule has 0 N–H and O–H groups in total. The van der Waals surface area contributed by atoms with Gasteiger partial charge in [0.15, 0.2) is 0 Å². The number of benzene rings is 1. The Bertz CT molecular complexity index is 482. The molecule has 0 bridgehead atoms. The fourth-order valence-corrected chi connectivity index (χ4v) is 2.49.